The molecular formula is C11H19N3. The summed E-state index contributed by atoms with van der Waals surface area (Å²) in [6.07, 6.45) is 3.74. The molecule has 1 aliphatic rings. The second-order valence-electron chi connectivity index (χ2n) is 4.21. The Bertz CT molecular complexity index is 295. The van der Waals surface area contributed by atoms with Crippen LogP contribution in [0.4, 0.5) is 0 Å². The summed E-state index contributed by atoms with van der Waals surface area (Å²) in [4.78, 5) is 0. The first-order valence-corrected chi connectivity index (χ1v) is 5.51. The van der Waals surface area contributed by atoms with E-state index >= 15 is 0 Å². The molecule has 0 aromatic carbocycles. The van der Waals surface area contributed by atoms with Gasteiger partial charge in [0.25, 0.3) is 0 Å². The molecule has 1 aromatic rings. The minimum Gasteiger partial charge on any atom is -0.317 e. The molecule has 1 aromatic heterocycles. The Hall–Kier alpha value is -0.830. The van der Waals surface area contributed by atoms with Gasteiger partial charge in [0.1, 0.15) is 0 Å². The van der Waals surface area contributed by atoms with Gasteiger partial charge in [-0.25, -0.2) is 0 Å². The minimum atomic E-state index is 0.610. The van der Waals surface area contributed by atoms with Gasteiger partial charge in [-0.3, -0.25) is 4.68 Å². The Balaban J connectivity index is 2.15. The molecular weight excluding hydrogens is 174 g/mol. The third-order valence-electron chi connectivity index (χ3n) is 2.94. The van der Waals surface area contributed by atoms with E-state index in [2.05, 4.69) is 35.0 Å². The lowest BCUT2D eigenvalue weighted by molar-refractivity contribution is 0.405. The third kappa shape index (κ3) is 1.98. The van der Waals surface area contributed by atoms with Gasteiger partial charge in [-0.2, -0.15) is 5.10 Å². The maximum Gasteiger partial charge on any atom is 0.0596 e. The molecule has 1 atom stereocenters. The van der Waals surface area contributed by atoms with Gasteiger partial charge in [0, 0.05) is 5.69 Å². The van der Waals surface area contributed by atoms with Crippen molar-refractivity contribution in [1.82, 2.24) is 15.1 Å². The first-order valence-electron chi connectivity index (χ1n) is 5.51. The van der Waals surface area contributed by atoms with Crippen LogP contribution in [0.1, 0.15) is 36.7 Å². The molecule has 2 heterocycles. The molecule has 1 fully saturated rings. The summed E-state index contributed by atoms with van der Waals surface area (Å²) in [6, 6.07) is 2.77. The SMILES string of the molecule is Cc1cc(C)n(C2CCCNCC2)n1. The zero-order valence-corrected chi connectivity index (χ0v) is 9.08. The zero-order valence-electron chi connectivity index (χ0n) is 9.08. The lowest BCUT2D eigenvalue weighted by Gasteiger charge is -2.16. The summed E-state index contributed by atoms with van der Waals surface area (Å²) in [5.74, 6) is 0. The van der Waals surface area contributed by atoms with Crippen molar-refractivity contribution in [2.24, 2.45) is 0 Å². The molecule has 0 spiro atoms. The Morgan fingerprint density at radius 1 is 1.36 bits per heavy atom. The highest BCUT2D eigenvalue weighted by Gasteiger charge is 2.15. The molecule has 1 N–H and O–H groups in total. The summed E-state index contributed by atoms with van der Waals surface area (Å²) in [7, 11) is 0. The Kier molecular flexibility index (Phi) is 2.87. The van der Waals surface area contributed by atoms with E-state index < -0.39 is 0 Å². The molecule has 78 valence electrons. The Labute approximate surface area is 85.5 Å². The second-order valence-corrected chi connectivity index (χ2v) is 4.21. The molecule has 0 amide bonds. The Morgan fingerprint density at radius 3 is 2.93 bits per heavy atom. The fourth-order valence-electron chi connectivity index (χ4n) is 2.26. The average Bonchev–Trinajstić information content (AvgIpc) is 2.43. The number of hydrogen-bond acceptors (Lipinski definition) is 2. The van der Waals surface area contributed by atoms with Gasteiger partial charge < -0.3 is 5.32 Å². The summed E-state index contributed by atoms with van der Waals surface area (Å²) in [5.41, 5.74) is 2.44. The fourth-order valence-corrected chi connectivity index (χ4v) is 2.26. The van der Waals surface area contributed by atoms with Crippen molar-refractivity contribution in [3.8, 4) is 0 Å². The van der Waals surface area contributed by atoms with E-state index in [1.807, 2.05) is 0 Å². The predicted molar refractivity (Wildman–Crippen MR) is 57.5 cm³/mol. The van der Waals surface area contributed by atoms with Crippen molar-refractivity contribution in [3.63, 3.8) is 0 Å². The van der Waals surface area contributed by atoms with Crippen LogP contribution in [0.25, 0.3) is 0 Å². The quantitative estimate of drug-likeness (QED) is 0.737. The van der Waals surface area contributed by atoms with Crippen LogP contribution in [-0.4, -0.2) is 22.9 Å². The van der Waals surface area contributed by atoms with E-state index in [0.29, 0.717) is 6.04 Å². The number of nitrogens with zero attached hydrogens (tertiary/aromatic N) is 2. The summed E-state index contributed by atoms with van der Waals surface area (Å²) < 4.78 is 2.21. The van der Waals surface area contributed by atoms with Gasteiger partial charge in [0.05, 0.1) is 11.7 Å². The van der Waals surface area contributed by atoms with E-state index in [1.54, 1.807) is 0 Å². The van der Waals surface area contributed by atoms with E-state index in [1.165, 1.54) is 25.0 Å². The van der Waals surface area contributed by atoms with Crippen LogP contribution < -0.4 is 5.32 Å². The number of aromatic nitrogens is 2. The molecule has 0 radical (unpaired) electrons. The van der Waals surface area contributed by atoms with Crippen molar-refractivity contribution in [3.05, 3.63) is 17.5 Å². The molecule has 1 unspecified atom stereocenters. The molecule has 0 aliphatic carbocycles. The van der Waals surface area contributed by atoms with Crippen molar-refractivity contribution < 1.29 is 0 Å². The third-order valence-corrected chi connectivity index (χ3v) is 2.94. The molecule has 0 saturated carbocycles. The van der Waals surface area contributed by atoms with Crippen molar-refractivity contribution in [2.75, 3.05) is 13.1 Å². The van der Waals surface area contributed by atoms with Crippen LogP contribution in [0.3, 0.4) is 0 Å². The predicted octanol–water partition coefficient (Wildman–Crippen LogP) is 1.81. The average molecular weight is 193 g/mol. The number of rotatable bonds is 1. The highest BCUT2D eigenvalue weighted by atomic mass is 15.3. The smallest absolute Gasteiger partial charge is 0.0596 e. The van der Waals surface area contributed by atoms with E-state index in [4.69, 9.17) is 0 Å². The van der Waals surface area contributed by atoms with E-state index in [9.17, 15) is 0 Å². The fraction of sp³-hybridized carbons (Fsp3) is 0.727. The maximum atomic E-state index is 4.56. The van der Waals surface area contributed by atoms with Gasteiger partial charge in [-0.1, -0.05) is 0 Å². The van der Waals surface area contributed by atoms with Crippen LogP contribution in [0.15, 0.2) is 6.07 Å². The largest absolute Gasteiger partial charge is 0.317 e. The lowest BCUT2D eigenvalue weighted by atomic mass is 10.1. The Morgan fingerprint density at radius 2 is 2.21 bits per heavy atom. The first-order chi connectivity index (χ1) is 6.77. The van der Waals surface area contributed by atoms with Crippen molar-refractivity contribution >= 4 is 0 Å². The molecule has 0 bridgehead atoms. The highest BCUT2D eigenvalue weighted by Crippen LogP contribution is 2.21. The van der Waals surface area contributed by atoms with Crippen LogP contribution >= 0.6 is 0 Å². The van der Waals surface area contributed by atoms with Gasteiger partial charge >= 0.3 is 0 Å². The monoisotopic (exact) mass is 193 g/mol. The van der Waals surface area contributed by atoms with Crippen LogP contribution in [0.5, 0.6) is 0 Å². The molecule has 3 heteroatoms. The normalized spacial score (nSPS) is 23.4. The van der Waals surface area contributed by atoms with Crippen LogP contribution in [-0.2, 0) is 0 Å². The van der Waals surface area contributed by atoms with Gasteiger partial charge in [-0.05, 0) is 52.3 Å². The highest BCUT2D eigenvalue weighted by molar-refractivity contribution is 5.07. The standard InChI is InChI=1S/C11H19N3/c1-9-8-10(2)14(13-9)11-4-3-6-12-7-5-11/h8,11-12H,3-7H2,1-2H3. The topological polar surface area (TPSA) is 29.9 Å². The molecule has 2 rings (SSSR count). The number of aryl methyl sites for hydroxylation is 2. The maximum absolute atomic E-state index is 4.56. The summed E-state index contributed by atoms with van der Waals surface area (Å²) in [5, 5.41) is 8.00. The minimum absolute atomic E-state index is 0.610. The van der Waals surface area contributed by atoms with Crippen LogP contribution in [0, 0.1) is 13.8 Å². The summed E-state index contributed by atoms with van der Waals surface area (Å²) in [6.45, 7) is 6.51. The van der Waals surface area contributed by atoms with Gasteiger partial charge in [0.2, 0.25) is 0 Å². The zero-order chi connectivity index (χ0) is 9.97. The van der Waals surface area contributed by atoms with Crippen molar-refractivity contribution in [2.45, 2.75) is 39.2 Å². The molecule has 3 nitrogen and oxygen atoms in total. The van der Waals surface area contributed by atoms with E-state index in [-0.39, 0.29) is 0 Å². The van der Waals surface area contributed by atoms with Gasteiger partial charge in [-0.15, -0.1) is 0 Å². The number of nitrogens with one attached hydrogen (secondary N) is 1. The first kappa shape index (κ1) is 9.71. The number of hydrogen-bond donors (Lipinski definition) is 1. The molecule has 1 aliphatic heterocycles. The van der Waals surface area contributed by atoms with Gasteiger partial charge in [0.15, 0.2) is 0 Å². The molecule has 14 heavy (non-hydrogen) atoms. The molecule has 1 saturated heterocycles. The van der Waals surface area contributed by atoms with E-state index in [0.717, 1.165) is 18.8 Å². The second kappa shape index (κ2) is 4.13. The lowest BCUT2D eigenvalue weighted by Crippen LogP contribution is -2.16. The van der Waals surface area contributed by atoms with Crippen LogP contribution in [0.2, 0.25) is 0 Å². The summed E-state index contributed by atoms with van der Waals surface area (Å²) >= 11 is 0. The van der Waals surface area contributed by atoms with Crippen molar-refractivity contribution in [1.29, 1.82) is 0 Å².